The van der Waals surface area contributed by atoms with Crippen LogP contribution in [0.15, 0.2) is 24.3 Å². The Bertz CT molecular complexity index is 473. The highest BCUT2D eigenvalue weighted by Crippen LogP contribution is 2.47. The van der Waals surface area contributed by atoms with Crippen molar-refractivity contribution in [1.82, 2.24) is 4.90 Å². The molecule has 1 aromatic rings. The maximum absolute atomic E-state index is 12.1. The molecule has 2 aliphatic rings. The molecule has 3 rings (SSSR count). The molecule has 1 saturated carbocycles. The van der Waals surface area contributed by atoms with Gasteiger partial charge in [0.2, 0.25) is 0 Å². The first-order valence-corrected chi connectivity index (χ1v) is 6.36. The van der Waals surface area contributed by atoms with Gasteiger partial charge in [0.15, 0.2) is 0 Å². The number of amides is 2. The number of thiol groups is 1. The van der Waals surface area contributed by atoms with Crippen molar-refractivity contribution in [1.29, 1.82) is 0 Å². The Balaban J connectivity index is 1.90. The van der Waals surface area contributed by atoms with Crippen LogP contribution < -0.4 is 0 Å². The monoisotopic (exact) mass is 247 g/mol. The van der Waals surface area contributed by atoms with Gasteiger partial charge in [0.05, 0.1) is 11.1 Å². The zero-order valence-corrected chi connectivity index (χ0v) is 10.2. The predicted octanol–water partition coefficient (Wildman–Crippen LogP) is 1.99. The zero-order chi connectivity index (χ0) is 12.0. The van der Waals surface area contributed by atoms with Crippen molar-refractivity contribution in [3.8, 4) is 0 Å². The fourth-order valence-corrected chi connectivity index (χ4v) is 2.68. The summed E-state index contributed by atoms with van der Waals surface area (Å²) in [5.74, 6) is 0.428. The molecule has 1 aliphatic carbocycles. The fourth-order valence-electron chi connectivity index (χ4n) is 2.26. The van der Waals surface area contributed by atoms with E-state index in [1.165, 1.54) is 4.90 Å². The third kappa shape index (κ3) is 1.59. The number of hydrogen-bond acceptors (Lipinski definition) is 3. The highest BCUT2D eigenvalue weighted by Gasteiger charge is 2.47. The molecule has 0 bridgehead atoms. The van der Waals surface area contributed by atoms with Crippen molar-refractivity contribution >= 4 is 24.4 Å². The average Bonchev–Trinajstić information content (AvgIpc) is 3.10. The predicted molar refractivity (Wildman–Crippen MR) is 67.3 cm³/mol. The van der Waals surface area contributed by atoms with Gasteiger partial charge in [-0.3, -0.25) is 14.5 Å². The highest BCUT2D eigenvalue weighted by atomic mass is 32.1. The van der Waals surface area contributed by atoms with E-state index < -0.39 is 0 Å². The highest BCUT2D eigenvalue weighted by molar-refractivity contribution is 7.80. The van der Waals surface area contributed by atoms with Gasteiger partial charge < -0.3 is 0 Å². The molecule has 0 spiro atoms. The third-order valence-electron chi connectivity index (χ3n) is 3.66. The summed E-state index contributed by atoms with van der Waals surface area (Å²) in [6.45, 7) is 0.517. The summed E-state index contributed by atoms with van der Waals surface area (Å²) in [6.07, 6.45) is 2.12. The van der Waals surface area contributed by atoms with Gasteiger partial charge in [-0.1, -0.05) is 12.1 Å². The number of carbonyl (C=O) groups excluding carboxylic acids is 2. The van der Waals surface area contributed by atoms with E-state index in [0.717, 1.165) is 18.6 Å². The molecule has 2 amide bonds. The standard InChI is InChI=1S/C13H13NO2S/c15-11-9-3-1-2-4-10(9)12(16)14(11)7-13(8-17)5-6-13/h1-4,17H,5-8H2. The van der Waals surface area contributed by atoms with E-state index in [0.29, 0.717) is 17.7 Å². The van der Waals surface area contributed by atoms with Crippen LogP contribution in [0, 0.1) is 5.41 Å². The molecule has 17 heavy (non-hydrogen) atoms. The lowest BCUT2D eigenvalue weighted by molar-refractivity contribution is 0.0626. The van der Waals surface area contributed by atoms with Crippen molar-refractivity contribution in [2.45, 2.75) is 12.8 Å². The van der Waals surface area contributed by atoms with Gasteiger partial charge in [-0.15, -0.1) is 0 Å². The maximum atomic E-state index is 12.1. The van der Waals surface area contributed by atoms with Crippen LogP contribution in [-0.4, -0.2) is 29.0 Å². The molecule has 1 aliphatic heterocycles. The zero-order valence-electron chi connectivity index (χ0n) is 9.35. The first kappa shape index (κ1) is 10.8. The van der Waals surface area contributed by atoms with Crippen LogP contribution in [0.25, 0.3) is 0 Å². The summed E-state index contributed by atoms with van der Waals surface area (Å²) >= 11 is 4.31. The van der Waals surface area contributed by atoms with Crippen LogP contribution in [0.4, 0.5) is 0 Å². The van der Waals surface area contributed by atoms with Gasteiger partial charge in [-0.2, -0.15) is 12.6 Å². The van der Waals surface area contributed by atoms with Crippen molar-refractivity contribution in [3.05, 3.63) is 35.4 Å². The normalized spacial score (nSPS) is 20.6. The minimum Gasteiger partial charge on any atom is -0.274 e. The number of benzene rings is 1. The van der Waals surface area contributed by atoms with Crippen molar-refractivity contribution in [2.24, 2.45) is 5.41 Å². The molecule has 3 nitrogen and oxygen atoms in total. The second kappa shape index (κ2) is 3.60. The van der Waals surface area contributed by atoms with Gasteiger partial charge in [-0.05, 0) is 36.1 Å². The topological polar surface area (TPSA) is 37.4 Å². The Morgan fingerprint density at radius 1 is 1.12 bits per heavy atom. The SMILES string of the molecule is O=C1c2ccccc2C(=O)N1CC1(CS)CC1. The molecule has 1 heterocycles. The molecule has 0 N–H and O–H groups in total. The third-order valence-corrected chi connectivity index (χ3v) is 4.34. The molecule has 0 unspecified atom stereocenters. The average molecular weight is 247 g/mol. The molecule has 0 radical (unpaired) electrons. The van der Waals surface area contributed by atoms with Crippen molar-refractivity contribution < 1.29 is 9.59 Å². The first-order valence-electron chi connectivity index (χ1n) is 5.73. The number of hydrogen-bond donors (Lipinski definition) is 1. The van der Waals surface area contributed by atoms with Crippen LogP contribution in [0.3, 0.4) is 0 Å². The van der Waals surface area contributed by atoms with Gasteiger partial charge >= 0.3 is 0 Å². The number of rotatable bonds is 3. The van der Waals surface area contributed by atoms with E-state index in [-0.39, 0.29) is 17.2 Å². The Morgan fingerprint density at radius 2 is 1.65 bits per heavy atom. The Labute approximate surface area is 105 Å². The summed E-state index contributed by atoms with van der Waals surface area (Å²) in [5.41, 5.74) is 1.15. The Morgan fingerprint density at radius 3 is 2.06 bits per heavy atom. The van der Waals surface area contributed by atoms with Gasteiger partial charge in [-0.25, -0.2) is 0 Å². The lowest BCUT2D eigenvalue weighted by Crippen LogP contribution is -2.36. The summed E-state index contributed by atoms with van der Waals surface area (Å²) in [4.78, 5) is 25.6. The molecule has 4 heteroatoms. The van der Waals surface area contributed by atoms with Crippen LogP contribution in [0.2, 0.25) is 0 Å². The molecule has 88 valence electrons. The first-order chi connectivity index (χ1) is 8.17. The van der Waals surface area contributed by atoms with Crippen molar-refractivity contribution in [3.63, 3.8) is 0 Å². The number of fused-ring (bicyclic) bond motifs is 1. The second-order valence-corrected chi connectivity index (χ2v) is 5.22. The molecule has 0 atom stereocenters. The van der Waals surface area contributed by atoms with Crippen LogP contribution >= 0.6 is 12.6 Å². The van der Waals surface area contributed by atoms with E-state index in [4.69, 9.17) is 0 Å². The van der Waals surface area contributed by atoms with Crippen LogP contribution in [-0.2, 0) is 0 Å². The van der Waals surface area contributed by atoms with E-state index >= 15 is 0 Å². The number of carbonyl (C=O) groups is 2. The smallest absolute Gasteiger partial charge is 0.261 e. The maximum Gasteiger partial charge on any atom is 0.261 e. The molecule has 1 aromatic carbocycles. The summed E-state index contributed by atoms with van der Waals surface area (Å²) in [7, 11) is 0. The van der Waals surface area contributed by atoms with Crippen LogP contribution in [0.5, 0.6) is 0 Å². The Hall–Kier alpha value is -1.29. The second-order valence-electron chi connectivity index (χ2n) is 4.90. The quantitative estimate of drug-likeness (QED) is 0.655. The lowest BCUT2D eigenvalue weighted by Gasteiger charge is -2.20. The summed E-state index contributed by atoms with van der Waals surface area (Å²) in [6, 6.07) is 7.02. The minimum atomic E-state index is -0.154. The summed E-state index contributed by atoms with van der Waals surface area (Å²) in [5, 5.41) is 0. The summed E-state index contributed by atoms with van der Waals surface area (Å²) < 4.78 is 0. The van der Waals surface area contributed by atoms with E-state index in [1.807, 2.05) is 0 Å². The van der Waals surface area contributed by atoms with Gasteiger partial charge in [0.1, 0.15) is 0 Å². The van der Waals surface area contributed by atoms with E-state index in [1.54, 1.807) is 24.3 Å². The van der Waals surface area contributed by atoms with Gasteiger partial charge in [0.25, 0.3) is 11.8 Å². The molecule has 0 aromatic heterocycles. The van der Waals surface area contributed by atoms with Crippen molar-refractivity contribution in [2.75, 3.05) is 12.3 Å². The Kier molecular flexibility index (Phi) is 2.30. The fraction of sp³-hybridized carbons (Fsp3) is 0.385. The molecule has 1 fully saturated rings. The largest absolute Gasteiger partial charge is 0.274 e. The van der Waals surface area contributed by atoms with Gasteiger partial charge in [0, 0.05) is 6.54 Å². The minimum absolute atomic E-state index is 0.0798. The molecular formula is C13H13NO2S. The molecule has 0 saturated heterocycles. The molecular weight excluding hydrogens is 234 g/mol. The van der Waals surface area contributed by atoms with E-state index in [9.17, 15) is 9.59 Å². The number of imide groups is 1. The lowest BCUT2D eigenvalue weighted by atomic mass is 10.1. The number of nitrogens with zero attached hydrogens (tertiary/aromatic N) is 1. The van der Waals surface area contributed by atoms with E-state index in [2.05, 4.69) is 12.6 Å². The van der Waals surface area contributed by atoms with Crippen LogP contribution in [0.1, 0.15) is 33.6 Å².